The Bertz CT molecular complexity index is 1130. The lowest BCUT2D eigenvalue weighted by Gasteiger charge is -2.23. The second kappa shape index (κ2) is 7.72. The predicted molar refractivity (Wildman–Crippen MR) is 125 cm³/mol. The van der Waals surface area contributed by atoms with E-state index in [1.165, 1.54) is 0 Å². The average molecular weight is 395 g/mol. The molecule has 4 aromatic rings. The Morgan fingerprint density at radius 2 is 0.867 bits per heavy atom. The summed E-state index contributed by atoms with van der Waals surface area (Å²) in [6, 6.07) is 24.5. The normalized spacial score (nSPS) is 10.9. The van der Waals surface area contributed by atoms with Crippen LogP contribution in [0.1, 0.15) is 22.3 Å². The molecule has 0 bridgehead atoms. The maximum Gasteiger partial charge on any atom is 0.122 e. The third-order valence-electron chi connectivity index (χ3n) is 5.87. The maximum atomic E-state index is 11.1. The van der Waals surface area contributed by atoms with Crippen LogP contribution in [0.25, 0.3) is 33.4 Å². The molecule has 2 N–H and O–H groups in total. The Morgan fingerprint density at radius 3 is 1.27 bits per heavy atom. The highest BCUT2D eigenvalue weighted by Crippen LogP contribution is 2.48. The van der Waals surface area contributed by atoms with E-state index >= 15 is 0 Å². The number of aromatic hydroxyl groups is 2. The second-order valence-electron chi connectivity index (χ2n) is 7.91. The molecule has 0 unspecified atom stereocenters. The maximum absolute atomic E-state index is 11.1. The number of benzene rings is 4. The van der Waals surface area contributed by atoms with Crippen LogP contribution >= 0.6 is 0 Å². The zero-order chi connectivity index (χ0) is 21.4. The van der Waals surface area contributed by atoms with Gasteiger partial charge in [-0.05, 0) is 95.5 Å². The van der Waals surface area contributed by atoms with Crippen LogP contribution in [0.5, 0.6) is 11.5 Å². The van der Waals surface area contributed by atoms with Gasteiger partial charge in [0.15, 0.2) is 0 Å². The van der Waals surface area contributed by atoms with E-state index in [-0.39, 0.29) is 0 Å². The van der Waals surface area contributed by atoms with E-state index in [2.05, 4.69) is 24.3 Å². The van der Waals surface area contributed by atoms with Crippen molar-refractivity contribution in [1.82, 2.24) is 0 Å². The first-order valence-corrected chi connectivity index (χ1v) is 10.2. The molecule has 0 saturated heterocycles. The van der Waals surface area contributed by atoms with Crippen molar-refractivity contribution in [2.45, 2.75) is 27.7 Å². The van der Waals surface area contributed by atoms with Crippen molar-refractivity contribution in [1.29, 1.82) is 0 Å². The Balaban J connectivity index is 2.21. The molecular formula is C28H26O2. The van der Waals surface area contributed by atoms with Crippen LogP contribution in [-0.2, 0) is 0 Å². The molecule has 0 heterocycles. The molecule has 0 aliphatic rings. The Labute approximate surface area is 178 Å². The van der Waals surface area contributed by atoms with Crippen LogP contribution in [0.4, 0.5) is 0 Å². The summed E-state index contributed by atoms with van der Waals surface area (Å²) in [6.07, 6.45) is 0. The number of rotatable bonds is 3. The molecule has 2 heteroatoms. The molecular weight excluding hydrogens is 368 g/mol. The van der Waals surface area contributed by atoms with Gasteiger partial charge in [0.25, 0.3) is 0 Å². The lowest BCUT2D eigenvalue weighted by Crippen LogP contribution is -1.99. The van der Waals surface area contributed by atoms with Gasteiger partial charge in [-0.15, -0.1) is 0 Å². The van der Waals surface area contributed by atoms with Gasteiger partial charge < -0.3 is 10.2 Å². The van der Waals surface area contributed by atoms with E-state index in [4.69, 9.17) is 0 Å². The van der Waals surface area contributed by atoms with Gasteiger partial charge in [0, 0.05) is 0 Å². The minimum absolute atomic E-state index is 0.323. The van der Waals surface area contributed by atoms with Crippen LogP contribution in [0.2, 0.25) is 0 Å². The number of hydrogen-bond donors (Lipinski definition) is 2. The molecule has 0 radical (unpaired) electrons. The minimum atomic E-state index is 0.323. The summed E-state index contributed by atoms with van der Waals surface area (Å²) in [5.41, 5.74) is 9.65. The quantitative estimate of drug-likeness (QED) is 0.382. The fourth-order valence-electron chi connectivity index (χ4n) is 4.34. The summed E-state index contributed by atoms with van der Waals surface area (Å²) in [5.74, 6) is 0.650. The summed E-state index contributed by atoms with van der Waals surface area (Å²) >= 11 is 0. The van der Waals surface area contributed by atoms with Crippen LogP contribution in [-0.4, -0.2) is 10.2 Å². The fraction of sp³-hybridized carbons (Fsp3) is 0.143. The van der Waals surface area contributed by atoms with Crippen molar-refractivity contribution in [2.24, 2.45) is 0 Å². The monoisotopic (exact) mass is 394 g/mol. The van der Waals surface area contributed by atoms with E-state index in [1.807, 2.05) is 76.2 Å². The summed E-state index contributed by atoms with van der Waals surface area (Å²) in [5, 5.41) is 21.4. The number of phenolic OH excluding ortho intramolecular Hbond substituents is 2. The molecule has 2 nitrogen and oxygen atoms in total. The zero-order valence-corrected chi connectivity index (χ0v) is 17.8. The largest absolute Gasteiger partial charge is 0.507 e. The Hall–Kier alpha value is -3.52. The van der Waals surface area contributed by atoms with Gasteiger partial charge >= 0.3 is 0 Å². The van der Waals surface area contributed by atoms with Crippen molar-refractivity contribution < 1.29 is 10.2 Å². The molecule has 4 rings (SSSR count). The van der Waals surface area contributed by atoms with Gasteiger partial charge in [0.2, 0.25) is 0 Å². The molecule has 4 aromatic carbocycles. The number of aryl methyl sites for hydroxylation is 2. The lowest BCUT2D eigenvalue weighted by atomic mass is 9.81. The smallest absolute Gasteiger partial charge is 0.122 e. The van der Waals surface area contributed by atoms with E-state index in [1.54, 1.807) is 0 Å². The fourth-order valence-corrected chi connectivity index (χ4v) is 4.34. The first-order chi connectivity index (χ1) is 14.4. The van der Waals surface area contributed by atoms with Gasteiger partial charge in [-0.1, -0.05) is 60.7 Å². The number of hydrogen-bond acceptors (Lipinski definition) is 2. The highest BCUT2D eigenvalue weighted by molar-refractivity contribution is 5.99. The third-order valence-corrected chi connectivity index (χ3v) is 5.87. The SMILES string of the molecule is Cc1cc(-c2c(-c3ccccc3)c(C)c(O)c(C)c2-c2ccccc2)cc(C)c1O. The standard InChI is InChI=1S/C28H26O2/c1-17-15-23(16-18(2)27(17)29)26-24(21-11-7-5-8-12-21)19(3)28(30)20(4)25(26)22-13-9-6-10-14-22/h5-16,29-30H,1-4H3. The molecule has 30 heavy (non-hydrogen) atoms. The van der Waals surface area contributed by atoms with E-state index in [0.29, 0.717) is 11.5 Å². The summed E-state index contributed by atoms with van der Waals surface area (Å²) < 4.78 is 0. The average Bonchev–Trinajstić information content (AvgIpc) is 2.76. The highest BCUT2D eigenvalue weighted by atomic mass is 16.3. The van der Waals surface area contributed by atoms with Crippen molar-refractivity contribution in [3.8, 4) is 44.9 Å². The Morgan fingerprint density at radius 1 is 0.467 bits per heavy atom. The van der Waals surface area contributed by atoms with Gasteiger partial charge in [0.05, 0.1) is 0 Å². The first-order valence-electron chi connectivity index (χ1n) is 10.2. The highest BCUT2D eigenvalue weighted by Gasteiger charge is 2.23. The van der Waals surface area contributed by atoms with E-state index in [9.17, 15) is 10.2 Å². The van der Waals surface area contributed by atoms with Crippen LogP contribution in [0.15, 0.2) is 72.8 Å². The van der Waals surface area contributed by atoms with Crippen molar-refractivity contribution in [2.75, 3.05) is 0 Å². The second-order valence-corrected chi connectivity index (χ2v) is 7.91. The first kappa shape index (κ1) is 19.8. The van der Waals surface area contributed by atoms with Crippen molar-refractivity contribution >= 4 is 0 Å². The molecule has 0 saturated carbocycles. The molecule has 0 spiro atoms. The lowest BCUT2D eigenvalue weighted by molar-refractivity contribution is 0.466. The molecule has 0 aliphatic carbocycles. The van der Waals surface area contributed by atoms with Crippen molar-refractivity contribution in [3.05, 3.63) is 95.1 Å². The minimum Gasteiger partial charge on any atom is -0.507 e. The molecule has 0 atom stereocenters. The molecule has 0 fully saturated rings. The van der Waals surface area contributed by atoms with Crippen LogP contribution < -0.4 is 0 Å². The molecule has 0 aliphatic heterocycles. The molecule has 0 aromatic heterocycles. The van der Waals surface area contributed by atoms with Crippen molar-refractivity contribution in [3.63, 3.8) is 0 Å². The Kier molecular flexibility index (Phi) is 5.09. The third kappa shape index (κ3) is 3.25. The van der Waals surface area contributed by atoms with Gasteiger partial charge in [0.1, 0.15) is 11.5 Å². The number of phenols is 2. The van der Waals surface area contributed by atoms with Crippen LogP contribution in [0.3, 0.4) is 0 Å². The zero-order valence-electron chi connectivity index (χ0n) is 17.8. The van der Waals surface area contributed by atoms with E-state index < -0.39 is 0 Å². The molecule has 150 valence electrons. The predicted octanol–water partition coefficient (Wildman–Crippen LogP) is 7.33. The topological polar surface area (TPSA) is 40.5 Å². The van der Waals surface area contributed by atoms with E-state index in [0.717, 1.165) is 55.6 Å². The molecule has 0 amide bonds. The van der Waals surface area contributed by atoms with Crippen LogP contribution in [0, 0.1) is 27.7 Å². The summed E-state index contributed by atoms with van der Waals surface area (Å²) in [4.78, 5) is 0. The summed E-state index contributed by atoms with van der Waals surface area (Å²) in [7, 11) is 0. The van der Waals surface area contributed by atoms with Gasteiger partial charge in [-0.3, -0.25) is 0 Å². The van der Waals surface area contributed by atoms with Gasteiger partial charge in [-0.25, -0.2) is 0 Å². The summed E-state index contributed by atoms with van der Waals surface area (Å²) in [6.45, 7) is 7.80. The van der Waals surface area contributed by atoms with Gasteiger partial charge in [-0.2, -0.15) is 0 Å².